The molecule has 0 bridgehead atoms. The molecular weight excluding hydrogens is 1710 g/mol. The van der Waals surface area contributed by atoms with Gasteiger partial charge in [0, 0.05) is 131 Å². The molecule has 2 aromatic heterocycles. The third-order valence-corrected chi connectivity index (χ3v) is 24.8. The van der Waals surface area contributed by atoms with Crippen LogP contribution in [0.2, 0.25) is 0 Å². The van der Waals surface area contributed by atoms with Crippen LogP contribution in [-0.2, 0) is 80.8 Å². The minimum absolute atomic E-state index is 0.0166. The number of nitrogens with zero attached hydrogens (tertiary/aromatic N) is 9. The van der Waals surface area contributed by atoms with Gasteiger partial charge >= 0.3 is 0 Å². The van der Waals surface area contributed by atoms with E-state index in [9.17, 15) is 69.9 Å². The molecule has 3 unspecified atom stereocenters. The van der Waals surface area contributed by atoms with Crippen LogP contribution < -0.4 is 104 Å². The van der Waals surface area contributed by atoms with Gasteiger partial charge in [-0.3, -0.25) is 78.9 Å². The number of benzene rings is 4. The molecule has 30 N–H and O–H groups in total. The molecule has 4 aromatic carbocycles. The van der Waals surface area contributed by atoms with Crippen LogP contribution >= 0.6 is 0 Å². The molecule has 5 heterocycles. The maximum absolute atomic E-state index is 14.8. The van der Waals surface area contributed by atoms with E-state index in [2.05, 4.69) is 76.6 Å². The minimum Gasteiger partial charge on any atom is -0.394 e. The number of ketones is 2. The Bertz CT molecular complexity index is 5100. The van der Waals surface area contributed by atoms with Crippen molar-refractivity contribution in [1.82, 2.24) is 71.3 Å². The van der Waals surface area contributed by atoms with E-state index in [-0.39, 0.29) is 143 Å². The zero-order valence-corrected chi connectivity index (χ0v) is 73.5. The van der Waals surface area contributed by atoms with Gasteiger partial charge in [-0.2, -0.15) is 0 Å². The number of nitrogens with two attached hydrogens (primary N) is 10. The predicted octanol–water partition coefficient (Wildman–Crippen LogP) is -5.26. The summed E-state index contributed by atoms with van der Waals surface area (Å²) in [6.45, 7) is -0.0369. The number of rotatable bonds is 53. The zero-order chi connectivity index (χ0) is 93.6. The quantitative estimate of drug-likeness (QED) is 0.00558. The van der Waals surface area contributed by atoms with Gasteiger partial charge in [0.05, 0.1) is 65.4 Å². The topological polar surface area (TPSA) is 713 Å². The molecule has 3 fully saturated rings. The molecule has 3 aliphatic heterocycles. The van der Waals surface area contributed by atoms with Gasteiger partial charge in [0.25, 0.3) is 0 Å². The number of amides is 6. The van der Waals surface area contributed by atoms with Gasteiger partial charge in [-0.1, -0.05) is 84.9 Å². The summed E-state index contributed by atoms with van der Waals surface area (Å²) in [6, 6.07) is 20.4. The Morgan fingerprint density at radius 3 is 1.55 bits per heavy atom. The molecule has 0 radical (unpaired) electrons. The molecule has 3 saturated heterocycles. The number of guanidine groups is 4. The summed E-state index contributed by atoms with van der Waals surface area (Å²) in [5.74, 6) is -4.42. The van der Waals surface area contributed by atoms with Gasteiger partial charge in [-0.25, -0.2) is 26.3 Å². The van der Waals surface area contributed by atoms with Crippen molar-refractivity contribution in [3.8, 4) is 0 Å². The summed E-state index contributed by atoms with van der Waals surface area (Å²) in [6.07, 6.45) is 10.5. The first-order valence-corrected chi connectivity index (χ1v) is 45.6. The zero-order valence-electron chi connectivity index (χ0n) is 71.9. The summed E-state index contributed by atoms with van der Waals surface area (Å²) in [7, 11) is -8.01. The van der Waals surface area contributed by atoms with E-state index in [0.29, 0.717) is 98.7 Å². The first kappa shape index (κ1) is 102. The number of nitrogens with one attached hydrogen (secondary N) is 9. The highest BCUT2D eigenvalue weighted by molar-refractivity contribution is 7.90. The van der Waals surface area contributed by atoms with E-state index in [0.717, 1.165) is 17.4 Å². The van der Waals surface area contributed by atoms with Crippen LogP contribution in [0.4, 0.5) is 0 Å². The lowest BCUT2D eigenvalue weighted by atomic mass is 9.84. The molecule has 6 amide bonds. The number of aldehydes is 2. The fourth-order valence-corrected chi connectivity index (χ4v) is 17.9. The lowest BCUT2D eigenvalue weighted by molar-refractivity contribution is -0.167. The highest BCUT2D eigenvalue weighted by Crippen LogP contribution is 2.33. The SMILES string of the molecule is NC(N)=NCCC[C@H](N)C(=O)N1CCC[C@H]1C(=O)N1C(C(NCCNS(=O)(=O)c2cccc3cnccc23)N[C@@H](CO)C(=O)N[C@@H](C=O)Cc2ccccc2)C(=O)[C@@H]1CCCN=C(N)N.NC(N)=NCCC[C@H](NC(=O)[C@@H]1CCCN1C(=O)[C@@H](N)CCCN=C(N)N)C(=O)CC(CN[C@@H](C=O)Cc1ccccc1)NCC(=O)NCCNS(=O)(=O)c1cccc2cnccc12. The van der Waals surface area contributed by atoms with Gasteiger partial charge in [-0.15, -0.1) is 0 Å². The van der Waals surface area contributed by atoms with Gasteiger partial charge in [0.1, 0.15) is 36.7 Å². The van der Waals surface area contributed by atoms with Crippen LogP contribution in [0.3, 0.4) is 0 Å². The van der Waals surface area contributed by atoms with Crippen LogP contribution in [0.1, 0.15) is 94.6 Å². The van der Waals surface area contributed by atoms with E-state index in [1.807, 2.05) is 36.4 Å². The molecule has 0 saturated carbocycles. The number of Topliss-reactive ketones (excluding diaryl/α,β-unsaturated/α-hetero) is 2. The molecule has 129 heavy (non-hydrogen) atoms. The molecule has 700 valence electrons. The van der Waals surface area contributed by atoms with Crippen LogP contribution in [0, 0.1) is 0 Å². The Morgan fingerprint density at radius 1 is 0.550 bits per heavy atom. The fourth-order valence-electron chi connectivity index (χ4n) is 15.3. The number of pyridine rings is 2. The van der Waals surface area contributed by atoms with Crippen LogP contribution in [0.15, 0.2) is 164 Å². The van der Waals surface area contributed by atoms with Crippen molar-refractivity contribution in [1.29, 1.82) is 0 Å². The Balaban J connectivity index is 0.000000319. The number of aromatic nitrogens is 2. The van der Waals surface area contributed by atoms with Crippen molar-refractivity contribution in [3.63, 3.8) is 0 Å². The fraction of sp³-hybridized carbons (Fsp3) is 0.476. The summed E-state index contributed by atoms with van der Waals surface area (Å²) in [5, 5.41) is 33.3. The smallest absolute Gasteiger partial charge is 0.246 e. The average Bonchev–Trinajstić information content (AvgIpc) is 1.60. The van der Waals surface area contributed by atoms with Crippen molar-refractivity contribution in [3.05, 3.63) is 145 Å². The number of fused-ring (bicyclic) bond motifs is 2. The van der Waals surface area contributed by atoms with Crippen molar-refractivity contribution in [2.45, 2.75) is 179 Å². The summed E-state index contributed by atoms with van der Waals surface area (Å²) in [5.41, 5.74) is 57.9. The average molecular weight is 1830 g/mol. The maximum atomic E-state index is 14.8. The Labute approximate surface area is 748 Å². The summed E-state index contributed by atoms with van der Waals surface area (Å²) < 4.78 is 58.5. The van der Waals surface area contributed by atoms with E-state index < -0.39 is 141 Å². The van der Waals surface area contributed by atoms with Gasteiger partial charge < -0.3 is 113 Å². The number of likely N-dealkylation sites (tertiary alicyclic amines) is 3. The molecule has 6 aromatic rings. The first-order chi connectivity index (χ1) is 61.8. The van der Waals surface area contributed by atoms with E-state index >= 15 is 0 Å². The Kier molecular flexibility index (Phi) is 41.0. The highest BCUT2D eigenvalue weighted by atomic mass is 32.2. The Hall–Kier alpha value is -12.2. The molecular formula is C84H122N28O15S2. The second-order valence-corrected chi connectivity index (χ2v) is 34.7. The van der Waals surface area contributed by atoms with Crippen LogP contribution in [0.25, 0.3) is 21.5 Å². The van der Waals surface area contributed by atoms with Gasteiger partial charge in [0.2, 0.25) is 55.5 Å². The van der Waals surface area contributed by atoms with Crippen LogP contribution in [0.5, 0.6) is 0 Å². The summed E-state index contributed by atoms with van der Waals surface area (Å²) in [4.78, 5) is 164. The second kappa shape index (κ2) is 51.7. The third kappa shape index (κ3) is 31.6. The summed E-state index contributed by atoms with van der Waals surface area (Å²) >= 11 is 0. The number of sulfonamides is 2. The molecule has 9 rings (SSSR count). The van der Waals surface area contributed by atoms with Crippen LogP contribution in [-0.4, -0.2) is 288 Å². The molecule has 0 spiro atoms. The van der Waals surface area contributed by atoms with Crippen molar-refractivity contribution < 1.29 is 69.9 Å². The molecule has 12 atom stereocenters. The molecule has 43 nitrogen and oxygen atoms in total. The third-order valence-electron chi connectivity index (χ3n) is 21.8. The van der Waals surface area contributed by atoms with E-state index in [4.69, 9.17) is 57.3 Å². The molecule has 45 heteroatoms. The second-order valence-electron chi connectivity index (χ2n) is 31.3. The number of hydrogen-bond acceptors (Lipinski definition) is 27. The highest BCUT2D eigenvalue weighted by Gasteiger charge is 2.56. The number of carbonyl (C=O) groups is 10. The lowest BCUT2D eigenvalue weighted by Gasteiger charge is -2.52. The first-order valence-electron chi connectivity index (χ1n) is 42.6. The van der Waals surface area contributed by atoms with Crippen molar-refractivity contribution >= 4 is 125 Å². The van der Waals surface area contributed by atoms with E-state index in [1.54, 1.807) is 73.1 Å². The number of aliphatic hydroxyl groups is 1. The number of carbonyl (C=O) groups excluding carboxylic acids is 10. The number of aliphatic imine (C=N–C) groups is 4. The Morgan fingerprint density at radius 2 is 1.04 bits per heavy atom. The predicted molar refractivity (Wildman–Crippen MR) is 487 cm³/mol. The number of hydrogen-bond donors (Lipinski definition) is 20. The monoisotopic (exact) mass is 1830 g/mol. The molecule has 3 aliphatic rings. The van der Waals surface area contributed by atoms with Crippen molar-refractivity contribution in [2.24, 2.45) is 77.3 Å². The standard InChI is InChI=1S/C42H60N14O8S.C42H62N14O7S/c43-30(11-5-16-50-41(44)45)39(61)55-21-7-13-33(55)40(62)56-32(12-6-17-51-42(46)47)36(59)35(56)37(54-31(25-58)38(60)53-28(24-57)22-26-8-2-1-3-9-26)49-19-20-52-65(63,64)34-14-4-10-27-23-48-18-15-29(27)34;43-33(11-5-16-50-41(44)45)40(61)56-21-7-13-35(56)39(60)55-34(12-6-17-51-42(46)47)36(58)23-30(25-52-31(27-57)22-28-8-2-1-3-9-28)53-26-38(59)49-19-20-54-64(62,63)37-14-4-10-29-24-48-18-15-32(29)37/h1-4,8-10,14-15,18,23-24,28,30-33,35,37,49,52,54,58H,5-7,11-13,16-17,19-22,25,43H2,(H,53,60)(H4,44,45,50)(H4,46,47,51);1-4,8-10,14-15,18,24,27,30-31,33-35,52-54H,5-7,11-13,16-17,19-23,25-26,43H2,(H,49,59)(H,55,60)(H4,44,45,50)(H4,46,47,51)/t28-,30+,31+,32+,33+,35?,37?;30?,31-,33+,34+,35+/m11/s1. The maximum Gasteiger partial charge on any atom is 0.246 e. The largest absolute Gasteiger partial charge is 0.394 e. The van der Waals surface area contributed by atoms with Crippen molar-refractivity contribution in [2.75, 3.05) is 85.1 Å². The number of aliphatic hydroxyl groups excluding tert-OH is 1. The van der Waals surface area contributed by atoms with Gasteiger partial charge in [0.15, 0.2) is 35.4 Å². The van der Waals surface area contributed by atoms with Gasteiger partial charge in [-0.05, 0) is 125 Å². The lowest BCUT2D eigenvalue weighted by Crippen LogP contribution is -2.78. The van der Waals surface area contributed by atoms with E-state index in [1.165, 1.54) is 39.2 Å². The normalized spacial score (nSPS) is 17.4. The minimum atomic E-state index is -4.09. The molecule has 0 aliphatic carbocycles.